The van der Waals surface area contributed by atoms with E-state index in [0.717, 1.165) is 17.0 Å². The number of benzene rings is 2. The van der Waals surface area contributed by atoms with Crippen LogP contribution < -0.4 is 10.1 Å². The first-order chi connectivity index (χ1) is 9.63. The zero-order chi connectivity index (χ0) is 14.5. The molecule has 2 aromatic rings. The van der Waals surface area contributed by atoms with Gasteiger partial charge in [0, 0.05) is 22.8 Å². The number of rotatable bonds is 4. The van der Waals surface area contributed by atoms with Crippen molar-refractivity contribution in [1.29, 1.82) is 5.26 Å². The number of halogens is 2. The van der Waals surface area contributed by atoms with Gasteiger partial charge in [0.2, 0.25) is 0 Å². The summed E-state index contributed by atoms with van der Waals surface area (Å²) in [7, 11) is 1.62. The van der Waals surface area contributed by atoms with E-state index in [0.29, 0.717) is 22.2 Å². The number of nitrogens with zero attached hydrogens (tertiary/aromatic N) is 1. The van der Waals surface area contributed by atoms with Gasteiger partial charge in [-0.1, -0.05) is 23.2 Å². The third kappa shape index (κ3) is 3.36. The minimum Gasteiger partial charge on any atom is -0.496 e. The molecule has 0 unspecified atom stereocenters. The minimum absolute atomic E-state index is 0.426. The number of hydrogen-bond donors (Lipinski definition) is 1. The monoisotopic (exact) mass is 306 g/mol. The molecule has 0 bridgehead atoms. The number of hydrogen-bond acceptors (Lipinski definition) is 3. The highest BCUT2D eigenvalue weighted by Gasteiger charge is 2.05. The van der Waals surface area contributed by atoms with Gasteiger partial charge in [0.1, 0.15) is 11.8 Å². The number of nitriles is 1. The maximum atomic E-state index is 8.83. The van der Waals surface area contributed by atoms with Crippen LogP contribution in [0.5, 0.6) is 5.75 Å². The normalized spacial score (nSPS) is 9.90. The Bertz CT molecular complexity index is 665. The Kier molecular flexibility index (Phi) is 4.73. The molecule has 20 heavy (non-hydrogen) atoms. The minimum atomic E-state index is 0.426. The molecule has 0 heterocycles. The van der Waals surface area contributed by atoms with Gasteiger partial charge >= 0.3 is 0 Å². The van der Waals surface area contributed by atoms with Crippen LogP contribution in [-0.2, 0) is 6.54 Å². The van der Waals surface area contributed by atoms with Crippen molar-refractivity contribution < 1.29 is 4.74 Å². The molecule has 0 saturated carbocycles. The van der Waals surface area contributed by atoms with Gasteiger partial charge in [-0.3, -0.25) is 0 Å². The van der Waals surface area contributed by atoms with Gasteiger partial charge in [-0.05, 0) is 36.4 Å². The summed E-state index contributed by atoms with van der Waals surface area (Å²) in [6.07, 6.45) is 0. The highest BCUT2D eigenvalue weighted by Crippen LogP contribution is 2.25. The highest BCUT2D eigenvalue weighted by molar-refractivity contribution is 6.32. The quantitative estimate of drug-likeness (QED) is 0.905. The van der Waals surface area contributed by atoms with E-state index in [1.54, 1.807) is 25.3 Å². The summed E-state index contributed by atoms with van der Waals surface area (Å²) in [6, 6.07) is 12.7. The van der Waals surface area contributed by atoms with Gasteiger partial charge < -0.3 is 10.1 Å². The van der Waals surface area contributed by atoms with Gasteiger partial charge in [0.05, 0.1) is 17.7 Å². The fourth-order valence-electron chi connectivity index (χ4n) is 1.80. The van der Waals surface area contributed by atoms with Crippen LogP contribution in [0.4, 0.5) is 5.69 Å². The molecule has 2 rings (SSSR count). The molecule has 0 radical (unpaired) electrons. The van der Waals surface area contributed by atoms with Crippen molar-refractivity contribution in [3.05, 3.63) is 57.6 Å². The Balaban J connectivity index is 2.15. The Morgan fingerprint density at radius 2 is 2.00 bits per heavy atom. The van der Waals surface area contributed by atoms with Crippen molar-refractivity contribution in [3.63, 3.8) is 0 Å². The molecule has 0 aromatic heterocycles. The topological polar surface area (TPSA) is 45.0 Å². The van der Waals surface area contributed by atoms with E-state index in [4.69, 9.17) is 33.2 Å². The molecule has 5 heteroatoms. The fourth-order valence-corrected chi connectivity index (χ4v) is 2.22. The van der Waals surface area contributed by atoms with Crippen LogP contribution in [0.2, 0.25) is 10.0 Å². The van der Waals surface area contributed by atoms with Crippen LogP contribution in [0.1, 0.15) is 11.1 Å². The first-order valence-corrected chi connectivity index (χ1v) is 6.65. The molecule has 102 valence electrons. The predicted molar refractivity (Wildman–Crippen MR) is 81.5 cm³/mol. The lowest BCUT2D eigenvalue weighted by Gasteiger charge is -2.11. The maximum absolute atomic E-state index is 8.83. The lowest BCUT2D eigenvalue weighted by molar-refractivity contribution is 0.410. The summed E-state index contributed by atoms with van der Waals surface area (Å²) >= 11 is 12.0. The number of anilines is 1. The SMILES string of the molecule is COc1ccc(Cl)cc1CNc1ccc(C#N)c(Cl)c1. The van der Waals surface area contributed by atoms with Crippen molar-refractivity contribution >= 4 is 28.9 Å². The van der Waals surface area contributed by atoms with Gasteiger partial charge in [-0.15, -0.1) is 0 Å². The van der Waals surface area contributed by atoms with Crippen LogP contribution >= 0.6 is 23.2 Å². The largest absolute Gasteiger partial charge is 0.496 e. The molecular formula is C15H12Cl2N2O. The van der Waals surface area contributed by atoms with Crippen LogP contribution in [0.25, 0.3) is 0 Å². The summed E-state index contributed by atoms with van der Waals surface area (Å²) in [5, 5.41) is 13.1. The standard InChI is InChI=1S/C15H12Cl2N2O/c1-20-15-5-3-12(16)6-11(15)9-19-13-4-2-10(8-18)14(17)7-13/h2-7,19H,9H2,1H3. The second-order valence-electron chi connectivity index (χ2n) is 4.12. The van der Waals surface area contributed by atoms with Gasteiger partial charge in [0.15, 0.2) is 0 Å². The van der Waals surface area contributed by atoms with E-state index in [2.05, 4.69) is 5.32 Å². The average molecular weight is 307 g/mol. The Hall–Kier alpha value is -1.89. The summed E-state index contributed by atoms with van der Waals surface area (Å²) in [4.78, 5) is 0. The zero-order valence-electron chi connectivity index (χ0n) is 10.8. The molecule has 0 amide bonds. The Labute approximate surface area is 127 Å². The summed E-state index contributed by atoms with van der Waals surface area (Å²) in [5.41, 5.74) is 2.23. The van der Waals surface area contributed by atoms with Crippen LogP contribution in [0.3, 0.4) is 0 Å². The molecule has 1 N–H and O–H groups in total. The van der Waals surface area contributed by atoms with Gasteiger partial charge in [-0.25, -0.2) is 0 Å². The molecule has 0 spiro atoms. The van der Waals surface area contributed by atoms with Gasteiger partial charge in [-0.2, -0.15) is 5.26 Å². The predicted octanol–water partition coefficient (Wildman–Crippen LogP) is 4.49. The molecule has 0 aliphatic carbocycles. The smallest absolute Gasteiger partial charge is 0.123 e. The van der Waals surface area contributed by atoms with E-state index in [9.17, 15) is 0 Å². The highest BCUT2D eigenvalue weighted by atomic mass is 35.5. The molecule has 2 aromatic carbocycles. The van der Waals surface area contributed by atoms with E-state index >= 15 is 0 Å². The zero-order valence-corrected chi connectivity index (χ0v) is 12.3. The van der Waals surface area contributed by atoms with E-state index < -0.39 is 0 Å². The average Bonchev–Trinajstić information content (AvgIpc) is 2.45. The molecule has 0 saturated heterocycles. The summed E-state index contributed by atoms with van der Waals surface area (Å²) < 4.78 is 5.28. The van der Waals surface area contributed by atoms with Crippen LogP contribution in [0.15, 0.2) is 36.4 Å². The number of methoxy groups -OCH3 is 1. The maximum Gasteiger partial charge on any atom is 0.123 e. The molecule has 0 aliphatic heterocycles. The number of ether oxygens (including phenoxy) is 1. The summed E-state index contributed by atoms with van der Waals surface area (Å²) in [5.74, 6) is 0.765. The van der Waals surface area contributed by atoms with Crippen LogP contribution in [-0.4, -0.2) is 7.11 Å². The van der Waals surface area contributed by atoms with Crippen molar-refractivity contribution in [1.82, 2.24) is 0 Å². The summed E-state index contributed by atoms with van der Waals surface area (Å²) in [6.45, 7) is 0.548. The third-order valence-corrected chi connectivity index (χ3v) is 3.36. The molecule has 0 aliphatic rings. The third-order valence-electron chi connectivity index (χ3n) is 2.81. The Morgan fingerprint density at radius 3 is 2.65 bits per heavy atom. The van der Waals surface area contributed by atoms with Crippen molar-refractivity contribution in [3.8, 4) is 11.8 Å². The van der Waals surface area contributed by atoms with Crippen molar-refractivity contribution in [2.75, 3.05) is 12.4 Å². The van der Waals surface area contributed by atoms with Crippen LogP contribution in [0, 0.1) is 11.3 Å². The van der Waals surface area contributed by atoms with Gasteiger partial charge in [0.25, 0.3) is 0 Å². The molecule has 0 atom stereocenters. The number of nitrogens with one attached hydrogen (secondary N) is 1. The van der Waals surface area contributed by atoms with E-state index in [1.165, 1.54) is 0 Å². The lowest BCUT2D eigenvalue weighted by atomic mass is 10.2. The van der Waals surface area contributed by atoms with Crippen molar-refractivity contribution in [2.24, 2.45) is 0 Å². The second-order valence-corrected chi connectivity index (χ2v) is 4.96. The lowest BCUT2D eigenvalue weighted by Crippen LogP contribution is -2.02. The van der Waals surface area contributed by atoms with E-state index in [1.807, 2.05) is 24.3 Å². The fraction of sp³-hybridized carbons (Fsp3) is 0.133. The first-order valence-electron chi connectivity index (χ1n) is 5.90. The molecule has 3 nitrogen and oxygen atoms in total. The second kappa shape index (κ2) is 6.51. The van der Waals surface area contributed by atoms with Crippen molar-refractivity contribution in [2.45, 2.75) is 6.54 Å². The first kappa shape index (κ1) is 14.5. The molecule has 0 fully saturated rings. The Morgan fingerprint density at radius 1 is 1.20 bits per heavy atom. The van der Waals surface area contributed by atoms with E-state index in [-0.39, 0.29) is 0 Å². The molecular weight excluding hydrogens is 295 g/mol.